The zero-order chi connectivity index (χ0) is 23.9. The van der Waals surface area contributed by atoms with Crippen molar-refractivity contribution in [2.75, 3.05) is 25.0 Å². The van der Waals surface area contributed by atoms with E-state index in [1.54, 1.807) is 18.2 Å². The standard InChI is InChI=1S/C27H28N2O4/c1-5-29(15-14-23(30)31)18-12-10-17(11-13-18)24-25(32)19(26(24)33)16-22-27(2,3)20-8-6-7-9-21(20)28(22)4/h6-13,16H,5,14-15H2,1-4H3,(H-,30,31,32,33). The molecule has 0 spiro atoms. The zero-order valence-corrected chi connectivity index (χ0v) is 19.4. The van der Waals surface area contributed by atoms with Crippen molar-refractivity contribution in [3.8, 4) is 0 Å². The molecular weight excluding hydrogens is 416 g/mol. The number of allylic oxidation sites excluding steroid dienone is 3. The highest BCUT2D eigenvalue weighted by atomic mass is 16.4. The van der Waals surface area contributed by atoms with Crippen molar-refractivity contribution in [3.63, 3.8) is 0 Å². The molecule has 0 amide bonds. The van der Waals surface area contributed by atoms with E-state index >= 15 is 0 Å². The fourth-order valence-corrected chi connectivity index (χ4v) is 4.74. The van der Waals surface area contributed by atoms with Gasteiger partial charge in [0.25, 0.3) is 0 Å². The first-order valence-electron chi connectivity index (χ1n) is 11.1. The number of Topliss-reactive ketones (excluding diaryl/α,β-unsaturated/α-hetero) is 1. The topological polar surface area (TPSA) is 83.7 Å². The van der Waals surface area contributed by atoms with Crippen LogP contribution < -0.4 is 10.0 Å². The van der Waals surface area contributed by atoms with Crippen molar-refractivity contribution < 1.29 is 24.4 Å². The molecule has 0 radical (unpaired) electrons. The van der Waals surface area contributed by atoms with Gasteiger partial charge in [0, 0.05) is 47.6 Å². The van der Waals surface area contributed by atoms with Gasteiger partial charge in [-0.2, -0.15) is 4.58 Å². The highest BCUT2D eigenvalue weighted by molar-refractivity contribution is 6.40. The van der Waals surface area contributed by atoms with Crippen molar-refractivity contribution >= 4 is 34.4 Å². The maximum absolute atomic E-state index is 13.0. The Morgan fingerprint density at radius 3 is 2.39 bits per heavy atom. The lowest BCUT2D eigenvalue weighted by atomic mass is 9.77. The van der Waals surface area contributed by atoms with Crippen LogP contribution in [0, 0.1) is 0 Å². The number of para-hydroxylation sites is 1. The second-order valence-corrected chi connectivity index (χ2v) is 8.95. The minimum atomic E-state index is -0.845. The molecular formula is C27H28N2O4. The quantitative estimate of drug-likeness (QED) is 0.523. The number of anilines is 1. The fraction of sp³-hybridized carbons (Fsp3) is 0.296. The number of carboxylic acids is 1. The van der Waals surface area contributed by atoms with Crippen LogP contribution in [0.3, 0.4) is 0 Å². The molecule has 0 aromatic heterocycles. The van der Waals surface area contributed by atoms with Gasteiger partial charge in [-0.15, -0.1) is 0 Å². The minimum absolute atomic E-state index is 0.0472. The first kappa shape index (κ1) is 22.5. The number of carbonyl (C=O) groups is 2. The smallest absolute Gasteiger partial charge is 0.305 e. The fourth-order valence-electron chi connectivity index (χ4n) is 4.74. The van der Waals surface area contributed by atoms with Gasteiger partial charge < -0.3 is 15.1 Å². The molecule has 6 nitrogen and oxygen atoms in total. The second-order valence-electron chi connectivity index (χ2n) is 8.95. The SMILES string of the molecule is CCN(CCC(=O)O)c1ccc(C2=C([O-])/C(=C\C3=[N+](C)c4ccccc4C3(C)C)C2=O)cc1. The van der Waals surface area contributed by atoms with E-state index in [-0.39, 0.29) is 34.5 Å². The average Bonchev–Trinajstić information content (AvgIpc) is 2.99. The maximum Gasteiger partial charge on any atom is 0.305 e. The molecule has 1 aliphatic heterocycles. The van der Waals surface area contributed by atoms with Crippen LogP contribution in [0.4, 0.5) is 11.4 Å². The van der Waals surface area contributed by atoms with E-state index in [0.29, 0.717) is 18.7 Å². The van der Waals surface area contributed by atoms with Gasteiger partial charge in [0.1, 0.15) is 7.05 Å². The third-order valence-electron chi connectivity index (χ3n) is 6.66. The van der Waals surface area contributed by atoms with Crippen molar-refractivity contribution in [1.29, 1.82) is 0 Å². The predicted octanol–water partition coefficient (Wildman–Crippen LogP) is 3.27. The summed E-state index contributed by atoms with van der Waals surface area (Å²) in [6.07, 6.45) is 1.79. The Morgan fingerprint density at radius 1 is 1.15 bits per heavy atom. The third kappa shape index (κ3) is 3.75. The summed E-state index contributed by atoms with van der Waals surface area (Å²) in [4.78, 5) is 25.8. The van der Waals surface area contributed by atoms with Crippen LogP contribution in [-0.4, -0.2) is 47.3 Å². The van der Waals surface area contributed by atoms with E-state index in [0.717, 1.165) is 17.1 Å². The van der Waals surface area contributed by atoms with Crippen LogP contribution >= 0.6 is 0 Å². The molecule has 1 aliphatic carbocycles. The molecule has 0 saturated heterocycles. The molecule has 2 aromatic carbocycles. The molecule has 0 atom stereocenters. The highest BCUT2D eigenvalue weighted by Gasteiger charge is 2.44. The van der Waals surface area contributed by atoms with E-state index in [1.807, 2.05) is 53.8 Å². The minimum Gasteiger partial charge on any atom is -0.871 e. The van der Waals surface area contributed by atoms with Gasteiger partial charge in [0.05, 0.1) is 11.8 Å². The van der Waals surface area contributed by atoms with Crippen LogP contribution in [-0.2, 0) is 15.0 Å². The molecule has 0 unspecified atom stereocenters. The lowest BCUT2D eigenvalue weighted by molar-refractivity contribution is -0.401. The summed E-state index contributed by atoms with van der Waals surface area (Å²) in [7, 11) is 1.96. The van der Waals surface area contributed by atoms with E-state index in [4.69, 9.17) is 5.11 Å². The van der Waals surface area contributed by atoms with Crippen LogP contribution in [0.2, 0.25) is 0 Å². The predicted molar refractivity (Wildman–Crippen MR) is 127 cm³/mol. The van der Waals surface area contributed by atoms with Gasteiger partial charge >= 0.3 is 5.97 Å². The van der Waals surface area contributed by atoms with E-state index < -0.39 is 5.97 Å². The normalized spacial score (nSPS) is 17.9. The number of carboxylic acid groups (broad SMARTS) is 1. The lowest BCUT2D eigenvalue weighted by Gasteiger charge is -2.31. The average molecular weight is 445 g/mol. The summed E-state index contributed by atoms with van der Waals surface area (Å²) in [6, 6.07) is 15.3. The van der Waals surface area contributed by atoms with Gasteiger partial charge in [-0.25, -0.2) is 0 Å². The van der Waals surface area contributed by atoms with Crippen LogP contribution in [0.1, 0.15) is 38.3 Å². The number of hydrogen-bond donors (Lipinski definition) is 1. The number of rotatable bonds is 7. The number of aliphatic carboxylic acids is 1. The van der Waals surface area contributed by atoms with Crippen molar-refractivity contribution in [2.24, 2.45) is 0 Å². The maximum atomic E-state index is 13.0. The Kier molecular flexibility index (Phi) is 5.70. The molecule has 170 valence electrons. The lowest BCUT2D eigenvalue weighted by Crippen LogP contribution is -2.33. The molecule has 0 fully saturated rings. The van der Waals surface area contributed by atoms with Crippen molar-refractivity contribution in [2.45, 2.75) is 32.6 Å². The van der Waals surface area contributed by atoms with E-state index in [2.05, 4.69) is 19.9 Å². The highest BCUT2D eigenvalue weighted by Crippen LogP contribution is 2.41. The zero-order valence-electron chi connectivity index (χ0n) is 19.4. The van der Waals surface area contributed by atoms with Crippen LogP contribution in [0.5, 0.6) is 0 Å². The summed E-state index contributed by atoms with van der Waals surface area (Å²) in [6.45, 7) is 7.22. The number of carbonyl (C=O) groups excluding carboxylic acids is 1. The molecule has 1 heterocycles. The third-order valence-corrected chi connectivity index (χ3v) is 6.66. The monoisotopic (exact) mass is 444 g/mol. The number of hydrogen-bond acceptors (Lipinski definition) is 4. The van der Waals surface area contributed by atoms with Gasteiger partial charge in [-0.05, 0) is 38.5 Å². The molecule has 6 heteroatoms. The Hall–Kier alpha value is -3.67. The first-order chi connectivity index (χ1) is 15.7. The number of benzene rings is 2. The van der Waals surface area contributed by atoms with Crippen molar-refractivity contribution in [1.82, 2.24) is 0 Å². The number of nitrogens with zero attached hydrogens (tertiary/aromatic N) is 2. The largest absolute Gasteiger partial charge is 0.871 e. The number of fused-ring (bicyclic) bond motifs is 1. The molecule has 4 rings (SSSR count). The Morgan fingerprint density at radius 2 is 1.82 bits per heavy atom. The Balaban J connectivity index is 1.61. The van der Waals surface area contributed by atoms with Gasteiger partial charge in [0.2, 0.25) is 5.69 Å². The number of ketones is 1. The molecule has 1 N–H and O–H groups in total. The summed E-state index contributed by atoms with van der Waals surface area (Å²) in [5, 5.41) is 21.9. The van der Waals surface area contributed by atoms with Gasteiger partial charge in [0.15, 0.2) is 11.5 Å². The first-order valence-corrected chi connectivity index (χ1v) is 11.1. The molecule has 2 aliphatic rings. The molecule has 0 saturated carbocycles. The Labute approximate surface area is 193 Å². The Bertz CT molecular complexity index is 1230. The summed E-state index contributed by atoms with van der Waals surface area (Å²) in [5.74, 6) is -1.32. The van der Waals surface area contributed by atoms with E-state index in [1.165, 1.54) is 5.56 Å². The molecule has 0 bridgehead atoms. The van der Waals surface area contributed by atoms with Crippen LogP contribution in [0.15, 0.2) is 65.9 Å². The summed E-state index contributed by atoms with van der Waals surface area (Å²) < 4.78 is 2.05. The van der Waals surface area contributed by atoms with Crippen LogP contribution in [0.25, 0.3) is 5.57 Å². The second kappa shape index (κ2) is 8.35. The molecule has 33 heavy (non-hydrogen) atoms. The van der Waals surface area contributed by atoms with Gasteiger partial charge in [-0.1, -0.05) is 36.1 Å². The van der Waals surface area contributed by atoms with Crippen molar-refractivity contribution in [3.05, 3.63) is 77.1 Å². The summed E-state index contributed by atoms with van der Waals surface area (Å²) in [5.41, 5.74) is 4.74. The molecule has 2 aromatic rings. The summed E-state index contributed by atoms with van der Waals surface area (Å²) >= 11 is 0. The van der Waals surface area contributed by atoms with Gasteiger partial charge in [-0.3, -0.25) is 9.59 Å². The van der Waals surface area contributed by atoms with E-state index in [9.17, 15) is 14.7 Å².